The highest BCUT2D eigenvalue weighted by molar-refractivity contribution is 5.98. The van der Waals surface area contributed by atoms with Gasteiger partial charge in [-0.2, -0.15) is 0 Å². The molecule has 1 aromatic carbocycles. The van der Waals surface area contributed by atoms with E-state index in [1.165, 1.54) is 6.42 Å². The van der Waals surface area contributed by atoms with Crippen LogP contribution in [-0.4, -0.2) is 137 Å². The number of rotatable bonds is 17. The van der Waals surface area contributed by atoms with Gasteiger partial charge in [0.1, 0.15) is 6.04 Å². The molecule has 2 saturated carbocycles. The van der Waals surface area contributed by atoms with Crippen LogP contribution < -0.4 is 21.3 Å². The van der Waals surface area contributed by atoms with Gasteiger partial charge in [-0.25, -0.2) is 0 Å². The Bertz CT molecular complexity index is 1230. The summed E-state index contributed by atoms with van der Waals surface area (Å²) in [6.45, 7) is 8.54. The van der Waals surface area contributed by atoms with Crippen molar-refractivity contribution in [1.82, 2.24) is 36.0 Å². The number of likely N-dealkylation sites (tertiary alicyclic amines) is 1. The molecule has 2 unspecified atom stereocenters. The molecule has 0 spiro atoms. The predicted molar refractivity (Wildman–Crippen MR) is 189 cm³/mol. The van der Waals surface area contributed by atoms with Gasteiger partial charge >= 0.3 is 0 Å². The number of benzene rings is 1. The summed E-state index contributed by atoms with van der Waals surface area (Å²) in [5.74, 6) is 0.720. The SMILES string of the molecule is CNCCNC(=O)CNCCOCCN1CCN(C(=O)C(NC(=O)c2cccc(C3CCCN(C(=O)C4CC4)C3)c2)C2CCCCC2)CC1. The maximum atomic E-state index is 14.0. The van der Waals surface area contributed by atoms with Crippen LogP contribution in [0.3, 0.4) is 0 Å². The summed E-state index contributed by atoms with van der Waals surface area (Å²) in [7, 11) is 1.85. The summed E-state index contributed by atoms with van der Waals surface area (Å²) in [5, 5.41) is 12.1. The smallest absolute Gasteiger partial charge is 0.251 e. The molecule has 12 nitrogen and oxygen atoms in total. The quantitative estimate of drug-likeness (QED) is 0.182. The van der Waals surface area contributed by atoms with E-state index in [1.54, 1.807) is 0 Å². The third-order valence-electron chi connectivity index (χ3n) is 10.6. The third kappa shape index (κ3) is 11.5. The lowest BCUT2D eigenvalue weighted by Crippen LogP contribution is -2.57. The van der Waals surface area contributed by atoms with E-state index in [4.69, 9.17) is 4.74 Å². The molecule has 0 bridgehead atoms. The van der Waals surface area contributed by atoms with Crippen LogP contribution in [0.4, 0.5) is 0 Å². The third-order valence-corrected chi connectivity index (χ3v) is 10.6. The van der Waals surface area contributed by atoms with Gasteiger partial charge in [-0.1, -0.05) is 31.4 Å². The van der Waals surface area contributed by atoms with Crippen molar-refractivity contribution in [3.63, 3.8) is 0 Å². The first-order chi connectivity index (χ1) is 23.9. The van der Waals surface area contributed by atoms with Gasteiger partial charge in [0.15, 0.2) is 0 Å². The normalized spacial score (nSPS) is 21.3. The lowest BCUT2D eigenvalue weighted by molar-refractivity contribution is -0.137. The summed E-state index contributed by atoms with van der Waals surface area (Å²) in [6.07, 6.45) is 9.29. The van der Waals surface area contributed by atoms with Crippen molar-refractivity contribution in [3.05, 3.63) is 35.4 Å². The van der Waals surface area contributed by atoms with Gasteiger partial charge in [-0.3, -0.25) is 24.1 Å². The minimum absolute atomic E-state index is 0.0214. The molecular formula is C37H59N7O5. The molecule has 1 aromatic rings. The summed E-state index contributed by atoms with van der Waals surface area (Å²) < 4.78 is 5.78. The fourth-order valence-electron chi connectivity index (χ4n) is 7.46. The summed E-state index contributed by atoms with van der Waals surface area (Å²) in [6, 6.07) is 7.32. The molecule has 2 heterocycles. The number of ether oxygens (including phenoxy) is 1. The summed E-state index contributed by atoms with van der Waals surface area (Å²) in [4.78, 5) is 58.5. The van der Waals surface area contributed by atoms with Gasteiger partial charge in [-0.15, -0.1) is 0 Å². The topological polar surface area (TPSA) is 135 Å². The van der Waals surface area contributed by atoms with Crippen molar-refractivity contribution in [2.24, 2.45) is 11.8 Å². The van der Waals surface area contributed by atoms with Gasteiger partial charge in [0.25, 0.3) is 5.91 Å². The first kappa shape index (κ1) is 37.2. The second kappa shape index (κ2) is 19.4. The van der Waals surface area contributed by atoms with Crippen molar-refractivity contribution < 1.29 is 23.9 Å². The van der Waals surface area contributed by atoms with Crippen LogP contribution in [0.5, 0.6) is 0 Å². The van der Waals surface area contributed by atoms with Crippen molar-refractivity contribution >= 4 is 23.6 Å². The molecule has 2 saturated heterocycles. The van der Waals surface area contributed by atoms with E-state index in [-0.39, 0.29) is 42.0 Å². The van der Waals surface area contributed by atoms with Gasteiger partial charge in [0, 0.05) is 82.8 Å². The van der Waals surface area contributed by atoms with Crippen molar-refractivity contribution in [2.45, 2.75) is 69.7 Å². The zero-order valence-corrected chi connectivity index (χ0v) is 29.6. The Hall–Kier alpha value is -3.06. The van der Waals surface area contributed by atoms with Gasteiger partial charge in [0.2, 0.25) is 17.7 Å². The number of likely N-dealkylation sites (N-methyl/N-ethyl adjacent to an activating group) is 1. The van der Waals surface area contributed by atoms with E-state index in [0.29, 0.717) is 50.9 Å². The first-order valence-corrected chi connectivity index (χ1v) is 18.8. The lowest BCUT2D eigenvalue weighted by Gasteiger charge is -2.39. The standard InChI is InChI=1S/C37H59N7O5/c1-38-14-15-40-33(45)26-39-16-23-49-24-22-42-18-20-43(21-19-42)37(48)34(28-7-3-2-4-8-28)41-35(46)31-10-5-9-30(25-31)32-11-6-17-44(27-32)36(47)29-12-13-29/h5,9-10,25,28-29,32,34,38-39H,2-4,6-8,11-24,26-27H2,1H3,(H,40,45)(H,41,46). The van der Waals surface area contributed by atoms with Crippen LogP contribution >= 0.6 is 0 Å². The number of nitrogens with zero attached hydrogens (tertiary/aromatic N) is 3. The molecule has 5 rings (SSSR count). The highest BCUT2D eigenvalue weighted by Crippen LogP contribution is 2.35. The van der Waals surface area contributed by atoms with E-state index in [9.17, 15) is 19.2 Å². The Kier molecular flexibility index (Phi) is 14.7. The lowest BCUT2D eigenvalue weighted by atomic mass is 9.83. The number of carbonyl (C=O) groups is 4. The number of carbonyl (C=O) groups excluding carboxylic acids is 4. The average Bonchev–Trinajstić information content (AvgIpc) is 4.00. The van der Waals surface area contributed by atoms with Crippen LogP contribution in [0.1, 0.15) is 79.6 Å². The number of hydrogen-bond donors (Lipinski definition) is 4. The minimum atomic E-state index is -0.523. The molecule has 0 aromatic heterocycles. The zero-order valence-electron chi connectivity index (χ0n) is 29.6. The second-order valence-corrected chi connectivity index (χ2v) is 14.3. The number of nitrogens with one attached hydrogen (secondary N) is 4. The van der Waals surface area contributed by atoms with E-state index in [1.807, 2.05) is 35.0 Å². The Morgan fingerprint density at radius 2 is 1.65 bits per heavy atom. The second-order valence-electron chi connectivity index (χ2n) is 14.3. The fourth-order valence-corrected chi connectivity index (χ4v) is 7.46. The number of hydrogen-bond acceptors (Lipinski definition) is 8. The molecule has 2 aliphatic carbocycles. The molecule has 4 N–H and O–H groups in total. The van der Waals surface area contributed by atoms with Gasteiger partial charge in [-0.05, 0) is 69.2 Å². The van der Waals surface area contributed by atoms with Crippen LogP contribution in [0.25, 0.3) is 0 Å². The number of amides is 4. The largest absolute Gasteiger partial charge is 0.379 e. The first-order valence-electron chi connectivity index (χ1n) is 18.8. The Morgan fingerprint density at radius 1 is 0.857 bits per heavy atom. The average molecular weight is 682 g/mol. The van der Waals surface area contributed by atoms with Crippen LogP contribution in [0, 0.1) is 11.8 Å². The van der Waals surface area contributed by atoms with Crippen LogP contribution in [-0.2, 0) is 19.1 Å². The molecule has 49 heavy (non-hydrogen) atoms. The molecule has 2 atom stereocenters. The van der Waals surface area contributed by atoms with E-state index < -0.39 is 6.04 Å². The van der Waals surface area contributed by atoms with E-state index in [2.05, 4.69) is 32.2 Å². The molecule has 4 amide bonds. The predicted octanol–water partition coefficient (Wildman–Crippen LogP) is 1.57. The Morgan fingerprint density at radius 3 is 2.41 bits per heavy atom. The van der Waals surface area contributed by atoms with E-state index in [0.717, 1.165) is 96.2 Å². The van der Waals surface area contributed by atoms with Crippen LogP contribution in [0.2, 0.25) is 0 Å². The molecule has 272 valence electrons. The zero-order chi connectivity index (χ0) is 34.4. The molecule has 4 aliphatic rings. The van der Waals surface area contributed by atoms with Gasteiger partial charge < -0.3 is 35.8 Å². The van der Waals surface area contributed by atoms with Gasteiger partial charge in [0.05, 0.1) is 19.8 Å². The van der Waals surface area contributed by atoms with Crippen LogP contribution in [0.15, 0.2) is 24.3 Å². The summed E-state index contributed by atoms with van der Waals surface area (Å²) in [5.41, 5.74) is 1.69. The molecule has 0 radical (unpaired) electrons. The minimum Gasteiger partial charge on any atom is -0.379 e. The fraction of sp³-hybridized carbons (Fsp3) is 0.730. The maximum absolute atomic E-state index is 14.0. The van der Waals surface area contributed by atoms with Crippen molar-refractivity contribution in [3.8, 4) is 0 Å². The molecule has 4 fully saturated rings. The maximum Gasteiger partial charge on any atom is 0.251 e. The molecule has 12 heteroatoms. The highest BCUT2D eigenvalue weighted by Gasteiger charge is 2.37. The molecular weight excluding hydrogens is 622 g/mol. The van der Waals surface area contributed by atoms with Crippen molar-refractivity contribution in [2.75, 3.05) is 92.3 Å². The Labute approximate surface area is 292 Å². The number of piperidine rings is 1. The summed E-state index contributed by atoms with van der Waals surface area (Å²) >= 11 is 0. The van der Waals surface area contributed by atoms with Crippen molar-refractivity contribution in [1.29, 1.82) is 0 Å². The number of piperazine rings is 1. The molecule has 2 aliphatic heterocycles. The monoisotopic (exact) mass is 681 g/mol. The highest BCUT2D eigenvalue weighted by atomic mass is 16.5. The Balaban J connectivity index is 1.07. The van der Waals surface area contributed by atoms with E-state index >= 15 is 0 Å².